The van der Waals surface area contributed by atoms with E-state index in [2.05, 4.69) is 174 Å². The molecule has 5 heteroatoms. The molecular weight excluding hydrogens is 719 g/mol. The van der Waals surface area contributed by atoms with Gasteiger partial charge in [0.15, 0.2) is 11.6 Å². The van der Waals surface area contributed by atoms with Gasteiger partial charge in [0, 0.05) is 45.1 Å². The van der Waals surface area contributed by atoms with Crippen molar-refractivity contribution in [1.29, 1.82) is 0 Å². The molecule has 6 aromatic carbocycles. The van der Waals surface area contributed by atoms with E-state index >= 15 is 0 Å². The number of nitrogens with zero attached hydrogens (tertiary/aromatic N) is 5. The van der Waals surface area contributed by atoms with Crippen molar-refractivity contribution in [2.45, 2.75) is 12.3 Å². The minimum absolute atomic E-state index is 0.0136. The normalized spacial score (nSPS) is 14.0. The number of benzene rings is 6. The Labute approximate surface area is 343 Å². The van der Waals surface area contributed by atoms with Crippen LogP contribution in [0.25, 0.3) is 77.6 Å². The van der Waals surface area contributed by atoms with Gasteiger partial charge in [0.05, 0.1) is 16.6 Å². The fraction of sp³-hybridized carbons (Fsp3) is 0.0370. The third-order valence-corrected chi connectivity index (χ3v) is 11.1. The second-order valence-corrected chi connectivity index (χ2v) is 14.8. The molecule has 1 aliphatic carbocycles. The first-order valence-corrected chi connectivity index (χ1v) is 19.9. The van der Waals surface area contributed by atoms with Crippen LogP contribution in [0.2, 0.25) is 0 Å². The monoisotopic (exact) mass is 757 g/mol. The van der Waals surface area contributed by atoms with Gasteiger partial charge < -0.3 is 4.57 Å². The fourth-order valence-corrected chi connectivity index (χ4v) is 8.03. The van der Waals surface area contributed by atoms with Crippen molar-refractivity contribution < 1.29 is 0 Å². The lowest BCUT2D eigenvalue weighted by molar-refractivity contribution is 0.759. The number of hydrogen-bond donors (Lipinski definition) is 0. The van der Waals surface area contributed by atoms with Gasteiger partial charge in [-0.15, -0.1) is 0 Å². The highest BCUT2D eigenvalue weighted by Crippen LogP contribution is 2.35. The van der Waals surface area contributed by atoms with Crippen LogP contribution in [0.4, 0.5) is 0 Å². The highest BCUT2D eigenvalue weighted by Gasteiger charge is 2.20. The number of hydrogen-bond acceptors (Lipinski definition) is 4. The molecule has 0 bridgehead atoms. The summed E-state index contributed by atoms with van der Waals surface area (Å²) >= 11 is 0. The van der Waals surface area contributed by atoms with Crippen molar-refractivity contribution in [1.82, 2.24) is 24.5 Å². The molecule has 0 N–H and O–H groups in total. The van der Waals surface area contributed by atoms with Crippen molar-refractivity contribution in [2.24, 2.45) is 0 Å². The molecule has 0 saturated heterocycles. The van der Waals surface area contributed by atoms with Crippen LogP contribution in [-0.4, -0.2) is 24.5 Å². The molecule has 0 amide bonds. The van der Waals surface area contributed by atoms with Crippen molar-refractivity contribution in [2.75, 3.05) is 0 Å². The van der Waals surface area contributed by atoms with Crippen molar-refractivity contribution in [3.05, 3.63) is 230 Å². The molecule has 0 aliphatic heterocycles. The Kier molecular flexibility index (Phi) is 9.24. The molecule has 0 saturated carbocycles. The topological polar surface area (TPSA) is 56.5 Å². The van der Waals surface area contributed by atoms with Crippen LogP contribution in [0.3, 0.4) is 0 Å². The van der Waals surface area contributed by atoms with E-state index in [1.54, 1.807) is 0 Å². The van der Waals surface area contributed by atoms with Crippen molar-refractivity contribution in [3.63, 3.8) is 0 Å². The van der Waals surface area contributed by atoms with Gasteiger partial charge in [0.1, 0.15) is 5.82 Å². The van der Waals surface area contributed by atoms with Crippen LogP contribution in [0.5, 0.6) is 0 Å². The number of fused-ring (bicyclic) bond motifs is 4. The zero-order chi connectivity index (χ0) is 39.7. The SMILES string of the molecule is C=C(/C=C\C(=C)c1nc(-c2ccc(-c3ccnc4ccccc34)cc2)nc(C2C=CC(c3ccccc3)=CC2)n1)c1ccc2c3ccccc3n(-c3ccccc3)c2c1. The molecule has 3 heterocycles. The summed E-state index contributed by atoms with van der Waals surface area (Å²) in [7, 11) is 0. The summed E-state index contributed by atoms with van der Waals surface area (Å²) in [5.74, 6) is 1.83. The van der Waals surface area contributed by atoms with Gasteiger partial charge in [-0.1, -0.05) is 165 Å². The lowest BCUT2D eigenvalue weighted by Gasteiger charge is -2.17. The molecule has 280 valence electrons. The van der Waals surface area contributed by atoms with Crippen molar-refractivity contribution >= 4 is 49.4 Å². The summed E-state index contributed by atoms with van der Waals surface area (Å²) in [4.78, 5) is 19.7. The third kappa shape index (κ3) is 6.89. The fourth-order valence-electron chi connectivity index (χ4n) is 8.03. The molecule has 0 radical (unpaired) electrons. The lowest BCUT2D eigenvalue weighted by Crippen LogP contribution is -2.09. The molecule has 1 unspecified atom stereocenters. The Morgan fingerprint density at radius 3 is 2.08 bits per heavy atom. The van der Waals surface area contributed by atoms with E-state index in [0.29, 0.717) is 23.0 Å². The molecule has 10 rings (SSSR count). The Bertz CT molecular complexity index is 3150. The zero-order valence-electron chi connectivity index (χ0n) is 32.4. The molecular formula is C54H39N5. The van der Waals surface area contributed by atoms with Crippen LogP contribution in [0.1, 0.15) is 35.1 Å². The number of para-hydroxylation sites is 3. The first-order valence-electron chi connectivity index (χ1n) is 19.9. The molecule has 1 aliphatic rings. The molecule has 0 fully saturated rings. The second-order valence-electron chi connectivity index (χ2n) is 14.8. The van der Waals surface area contributed by atoms with E-state index in [4.69, 9.17) is 15.0 Å². The quantitative estimate of drug-likeness (QED) is 0.138. The van der Waals surface area contributed by atoms with Gasteiger partial charge in [-0.2, -0.15) is 0 Å². The highest BCUT2D eigenvalue weighted by molar-refractivity contribution is 6.10. The van der Waals surface area contributed by atoms with E-state index < -0.39 is 0 Å². The predicted octanol–water partition coefficient (Wildman–Crippen LogP) is 13.3. The van der Waals surface area contributed by atoms with Gasteiger partial charge in [-0.25, -0.2) is 15.0 Å². The van der Waals surface area contributed by atoms with E-state index in [1.165, 1.54) is 27.4 Å². The number of pyridine rings is 1. The number of allylic oxidation sites excluding steroid dienone is 8. The van der Waals surface area contributed by atoms with E-state index in [9.17, 15) is 0 Å². The van der Waals surface area contributed by atoms with E-state index in [-0.39, 0.29) is 5.92 Å². The maximum atomic E-state index is 5.08. The maximum absolute atomic E-state index is 5.08. The van der Waals surface area contributed by atoms with Gasteiger partial charge >= 0.3 is 0 Å². The third-order valence-electron chi connectivity index (χ3n) is 11.1. The average Bonchev–Trinajstić information content (AvgIpc) is 3.64. The first-order chi connectivity index (χ1) is 29.1. The first kappa shape index (κ1) is 35.6. The summed E-state index contributed by atoms with van der Waals surface area (Å²) in [6.07, 6.45) is 13.3. The summed E-state index contributed by atoms with van der Waals surface area (Å²) in [5.41, 5.74) is 12.5. The van der Waals surface area contributed by atoms with Gasteiger partial charge in [0.25, 0.3) is 0 Å². The minimum atomic E-state index is -0.0136. The molecule has 59 heavy (non-hydrogen) atoms. The predicted molar refractivity (Wildman–Crippen MR) is 245 cm³/mol. The number of aromatic nitrogens is 5. The molecule has 9 aromatic rings. The molecule has 5 nitrogen and oxygen atoms in total. The van der Waals surface area contributed by atoms with Gasteiger partial charge in [-0.3, -0.25) is 4.98 Å². The summed E-state index contributed by atoms with van der Waals surface area (Å²) in [5, 5.41) is 3.53. The van der Waals surface area contributed by atoms with Crippen LogP contribution in [-0.2, 0) is 0 Å². The van der Waals surface area contributed by atoms with Crippen LogP contribution < -0.4 is 0 Å². The van der Waals surface area contributed by atoms with Gasteiger partial charge in [0.2, 0.25) is 0 Å². The molecule has 3 aromatic heterocycles. The zero-order valence-corrected chi connectivity index (χ0v) is 32.4. The summed E-state index contributed by atoms with van der Waals surface area (Å²) in [6.45, 7) is 8.94. The average molecular weight is 758 g/mol. The Hall–Kier alpha value is -7.76. The maximum Gasteiger partial charge on any atom is 0.163 e. The Balaban J connectivity index is 0.981. The van der Waals surface area contributed by atoms with Crippen LogP contribution in [0.15, 0.2) is 207 Å². The Morgan fingerprint density at radius 2 is 1.29 bits per heavy atom. The summed E-state index contributed by atoms with van der Waals surface area (Å²) < 4.78 is 2.32. The van der Waals surface area contributed by atoms with Crippen LogP contribution in [0, 0.1) is 0 Å². The molecule has 1 atom stereocenters. The highest BCUT2D eigenvalue weighted by atomic mass is 15.0. The lowest BCUT2D eigenvalue weighted by atomic mass is 9.92. The molecule has 0 spiro atoms. The summed E-state index contributed by atoms with van der Waals surface area (Å²) in [6, 6.07) is 54.8. The van der Waals surface area contributed by atoms with E-state index in [0.717, 1.165) is 56.4 Å². The van der Waals surface area contributed by atoms with Crippen molar-refractivity contribution in [3.8, 4) is 28.2 Å². The number of rotatable bonds is 9. The smallest absolute Gasteiger partial charge is 0.163 e. The Morgan fingerprint density at radius 1 is 0.593 bits per heavy atom. The second kappa shape index (κ2) is 15.3. The van der Waals surface area contributed by atoms with Gasteiger partial charge in [-0.05, 0) is 76.2 Å². The van der Waals surface area contributed by atoms with E-state index in [1.807, 2.05) is 42.6 Å². The standard InChI is InChI=1S/C54H39N5/c1-36(43-31-32-48-47-18-10-12-20-50(47)59(51(48)35-43)44-15-7-4-8-16-44)21-22-37(2)52-56-53(41-27-23-39(24-28-41)38-13-5-3-6-14-38)58-54(57-52)42-29-25-40(26-30-42)45-33-34-55-49-19-11-9-17-46(45)49/h3-27,29-35,41H,1-2,28H2/b22-21-. The van der Waals surface area contributed by atoms with Crippen LogP contribution >= 0.6 is 0 Å². The minimum Gasteiger partial charge on any atom is -0.309 e. The largest absolute Gasteiger partial charge is 0.309 e.